The largest absolute Gasteiger partial charge is 0.494 e. The topological polar surface area (TPSA) is 146 Å². The number of carbonyl (C=O) groups is 1. The van der Waals surface area contributed by atoms with E-state index >= 15 is 0 Å². The quantitative estimate of drug-likeness (QED) is 0.227. The van der Waals surface area contributed by atoms with Crippen LogP contribution in [0.4, 0.5) is 0 Å². The van der Waals surface area contributed by atoms with Crippen molar-refractivity contribution < 1.29 is 28.4 Å². The van der Waals surface area contributed by atoms with Gasteiger partial charge in [-0.2, -0.15) is 4.98 Å². The number of methoxy groups -OCH3 is 1. The van der Waals surface area contributed by atoms with E-state index in [0.717, 1.165) is 91.5 Å². The van der Waals surface area contributed by atoms with Crippen molar-refractivity contribution in [3.05, 3.63) is 58.6 Å². The van der Waals surface area contributed by atoms with Gasteiger partial charge in [-0.25, -0.2) is 9.78 Å². The zero-order chi connectivity index (χ0) is 29.8. The van der Waals surface area contributed by atoms with Gasteiger partial charge in [0, 0.05) is 29.4 Å². The highest BCUT2D eigenvalue weighted by Crippen LogP contribution is 2.55. The van der Waals surface area contributed by atoms with E-state index in [2.05, 4.69) is 34.1 Å². The summed E-state index contributed by atoms with van der Waals surface area (Å²) in [5.74, 6) is 1.26. The monoisotopic (exact) mass is 585 g/mol. The molecule has 0 spiro atoms. The molecule has 4 fully saturated rings. The molecular weight excluding hydrogens is 550 g/mol. The maximum atomic E-state index is 11.6. The molecule has 4 saturated carbocycles. The molecule has 43 heavy (non-hydrogen) atoms. The number of carboxylic acid groups (broad SMARTS) is 1. The lowest BCUT2D eigenvalue weighted by molar-refractivity contribution is -0.130. The van der Waals surface area contributed by atoms with Gasteiger partial charge < -0.3 is 23.6 Å². The number of hydrogen-bond donors (Lipinski definition) is 1. The second-order valence-electron chi connectivity index (χ2n) is 12.2. The SMILES string of the molecule is CCc1cncc(C)c1-c1noc(C2CC2)c1COC12CCC(c3nc(-c4ccc(OC)c(C(=O)O)n4)no3)(CC1)CC2. The van der Waals surface area contributed by atoms with Crippen LogP contribution in [0.5, 0.6) is 5.75 Å². The fourth-order valence-corrected chi connectivity index (χ4v) is 6.90. The number of aryl methyl sites for hydroxylation is 2. The van der Waals surface area contributed by atoms with Crippen LogP contribution in [0.25, 0.3) is 22.8 Å². The van der Waals surface area contributed by atoms with E-state index in [4.69, 9.17) is 23.5 Å². The van der Waals surface area contributed by atoms with Crippen LogP contribution in [0.15, 0.2) is 33.6 Å². The summed E-state index contributed by atoms with van der Waals surface area (Å²) in [4.78, 5) is 25.0. The zero-order valence-electron chi connectivity index (χ0n) is 24.7. The van der Waals surface area contributed by atoms with Gasteiger partial charge in [-0.15, -0.1) is 0 Å². The smallest absolute Gasteiger partial charge is 0.358 e. The number of rotatable bonds is 10. The molecule has 0 aliphatic heterocycles. The molecule has 4 aromatic heterocycles. The number of nitrogens with zero attached hydrogens (tertiary/aromatic N) is 5. The summed E-state index contributed by atoms with van der Waals surface area (Å²) in [6, 6.07) is 3.20. The molecule has 8 rings (SSSR count). The predicted molar refractivity (Wildman–Crippen MR) is 154 cm³/mol. The standard InChI is InChI=1S/C32H35N5O6/c1-4-19-16-33-15-18(2)24(19)25-21(27(42-36-25)20-5-6-20)17-41-32-12-9-31(10-13-32,11-14-32)30-35-28(37-43-30)22-7-8-23(40-3)26(34-22)29(38)39/h7-8,15-16,20H,4-6,9-14,17H2,1-3H3,(H,38,39). The number of ether oxygens (including phenoxy) is 2. The Bertz CT molecular complexity index is 1660. The lowest BCUT2D eigenvalue weighted by Crippen LogP contribution is -2.49. The molecule has 0 unspecified atom stereocenters. The zero-order valence-corrected chi connectivity index (χ0v) is 24.7. The fraction of sp³-hybridized carbons (Fsp3) is 0.500. The summed E-state index contributed by atoms with van der Waals surface area (Å²) in [5.41, 5.74) is 5.07. The Kier molecular flexibility index (Phi) is 6.80. The van der Waals surface area contributed by atoms with Crippen molar-refractivity contribution in [3.8, 4) is 28.5 Å². The maximum Gasteiger partial charge on any atom is 0.358 e. The van der Waals surface area contributed by atoms with Crippen molar-refractivity contribution >= 4 is 5.97 Å². The lowest BCUT2D eigenvalue weighted by Gasteiger charge is -2.51. The average molecular weight is 586 g/mol. The molecule has 0 radical (unpaired) electrons. The molecule has 2 bridgehead atoms. The first-order valence-electron chi connectivity index (χ1n) is 15.0. The van der Waals surface area contributed by atoms with Crippen molar-refractivity contribution in [2.45, 2.75) is 95.2 Å². The molecule has 4 heterocycles. The minimum atomic E-state index is -1.18. The van der Waals surface area contributed by atoms with Gasteiger partial charge >= 0.3 is 5.97 Å². The lowest BCUT2D eigenvalue weighted by atomic mass is 9.58. The second kappa shape index (κ2) is 10.6. The van der Waals surface area contributed by atoms with Gasteiger partial charge in [0.25, 0.3) is 0 Å². The van der Waals surface area contributed by atoms with Crippen molar-refractivity contribution in [3.63, 3.8) is 0 Å². The number of aromatic nitrogens is 5. The van der Waals surface area contributed by atoms with Crippen LogP contribution in [0.1, 0.15) is 103 Å². The molecule has 1 N–H and O–H groups in total. The van der Waals surface area contributed by atoms with Crippen LogP contribution < -0.4 is 4.74 Å². The number of fused-ring (bicyclic) bond motifs is 3. The van der Waals surface area contributed by atoms with E-state index < -0.39 is 5.97 Å². The van der Waals surface area contributed by atoms with Crippen LogP contribution in [-0.4, -0.2) is 49.1 Å². The van der Waals surface area contributed by atoms with Crippen LogP contribution in [0.3, 0.4) is 0 Å². The van der Waals surface area contributed by atoms with E-state index in [9.17, 15) is 9.90 Å². The minimum Gasteiger partial charge on any atom is -0.494 e. The molecule has 11 nitrogen and oxygen atoms in total. The maximum absolute atomic E-state index is 11.6. The summed E-state index contributed by atoms with van der Waals surface area (Å²) < 4.78 is 23.7. The Morgan fingerprint density at radius 2 is 1.81 bits per heavy atom. The van der Waals surface area contributed by atoms with Gasteiger partial charge in [-0.1, -0.05) is 17.2 Å². The van der Waals surface area contributed by atoms with Crippen molar-refractivity contribution in [1.82, 2.24) is 25.3 Å². The summed E-state index contributed by atoms with van der Waals surface area (Å²) >= 11 is 0. The number of carboxylic acids is 1. The Labute approximate surface area is 249 Å². The van der Waals surface area contributed by atoms with E-state index in [1.54, 1.807) is 12.1 Å². The number of pyridine rings is 2. The highest BCUT2D eigenvalue weighted by atomic mass is 16.5. The highest BCUT2D eigenvalue weighted by Gasteiger charge is 2.53. The first-order chi connectivity index (χ1) is 20.9. The Balaban J connectivity index is 1.09. The summed E-state index contributed by atoms with van der Waals surface area (Å²) in [7, 11) is 1.41. The van der Waals surface area contributed by atoms with Gasteiger partial charge in [-0.05, 0) is 88.0 Å². The molecule has 4 aromatic rings. The molecule has 0 aromatic carbocycles. The molecule has 0 atom stereocenters. The minimum absolute atomic E-state index is 0.179. The van der Waals surface area contributed by atoms with Gasteiger partial charge in [0.2, 0.25) is 11.7 Å². The highest BCUT2D eigenvalue weighted by molar-refractivity contribution is 5.89. The van der Waals surface area contributed by atoms with Crippen molar-refractivity contribution in [2.24, 2.45) is 0 Å². The summed E-state index contributed by atoms with van der Waals surface area (Å²) in [6.45, 7) is 4.69. The third kappa shape index (κ3) is 4.79. The van der Waals surface area contributed by atoms with Crippen molar-refractivity contribution in [2.75, 3.05) is 7.11 Å². The van der Waals surface area contributed by atoms with Crippen LogP contribution in [0, 0.1) is 6.92 Å². The predicted octanol–water partition coefficient (Wildman–Crippen LogP) is 6.20. The molecule has 0 saturated heterocycles. The van der Waals surface area contributed by atoms with E-state index in [0.29, 0.717) is 24.1 Å². The van der Waals surface area contributed by atoms with Gasteiger partial charge in [0.15, 0.2) is 11.4 Å². The van der Waals surface area contributed by atoms with Gasteiger partial charge in [0.05, 0.1) is 24.7 Å². The fourth-order valence-electron chi connectivity index (χ4n) is 6.90. The molecular formula is C32H35N5O6. The molecule has 11 heteroatoms. The second-order valence-corrected chi connectivity index (χ2v) is 12.2. The average Bonchev–Trinajstić information content (AvgIpc) is 3.59. The Morgan fingerprint density at radius 3 is 2.49 bits per heavy atom. The van der Waals surface area contributed by atoms with Gasteiger partial charge in [0.1, 0.15) is 17.1 Å². The van der Waals surface area contributed by atoms with Crippen molar-refractivity contribution in [1.29, 1.82) is 0 Å². The van der Waals surface area contributed by atoms with E-state index in [-0.39, 0.29) is 28.3 Å². The third-order valence-electron chi connectivity index (χ3n) is 9.69. The third-order valence-corrected chi connectivity index (χ3v) is 9.69. The molecule has 224 valence electrons. The van der Waals surface area contributed by atoms with Crippen LogP contribution in [-0.2, 0) is 23.2 Å². The molecule has 4 aliphatic carbocycles. The summed E-state index contributed by atoms with van der Waals surface area (Å²) in [6.07, 6.45) is 12.2. The molecule has 4 aliphatic rings. The first kappa shape index (κ1) is 27.7. The normalized spacial score (nSPS) is 23.0. The first-order valence-corrected chi connectivity index (χ1v) is 15.0. The van der Waals surface area contributed by atoms with E-state index in [1.165, 1.54) is 7.11 Å². The molecule has 0 amide bonds. The van der Waals surface area contributed by atoms with Crippen LogP contribution >= 0.6 is 0 Å². The van der Waals surface area contributed by atoms with E-state index in [1.807, 2.05) is 12.4 Å². The Morgan fingerprint density at radius 1 is 1.05 bits per heavy atom. The van der Waals surface area contributed by atoms with Gasteiger partial charge in [-0.3, -0.25) is 4.98 Å². The number of aromatic carboxylic acids is 1. The number of hydrogen-bond acceptors (Lipinski definition) is 10. The summed E-state index contributed by atoms with van der Waals surface area (Å²) in [5, 5.41) is 18.3. The van der Waals surface area contributed by atoms with Crippen LogP contribution in [0.2, 0.25) is 0 Å². The Hall–Kier alpha value is -4.12.